The molecule has 84 valence electrons. The molecule has 1 fully saturated rings. The van der Waals surface area contributed by atoms with E-state index < -0.39 is 0 Å². The van der Waals surface area contributed by atoms with Crippen LogP contribution in [0.4, 0.5) is 0 Å². The van der Waals surface area contributed by atoms with E-state index in [2.05, 4.69) is 22.5 Å². The second kappa shape index (κ2) is 5.02. The Morgan fingerprint density at radius 2 is 2.40 bits per heavy atom. The summed E-state index contributed by atoms with van der Waals surface area (Å²) in [4.78, 5) is 2.43. The third-order valence-electron chi connectivity index (χ3n) is 2.77. The Morgan fingerprint density at radius 1 is 1.60 bits per heavy atom. The molecule has 0 aromatic carbocycles. The molecule has 1 aromatic heterocycles. The first-order valence-corrected chi connectivity index (χ1v) is 6.68. The van der Waals surface area contributed by atoms with Gasteiger partial charge in [-0.3, -0.25) is 4.90 Å². The van der Waals surface area contributed by atoms with Crippen molar-refractivity contribution in [3.05, 3.63) is 20.3 Å². The summed E-state index contributed by atoms with van der Waals surface area (Å²) in [5.74, 6) is 0. The molecule has 0 aliphatic carbocycles. The predicted molar refractivity (Wildman–Crippen MR) is 67.1 cm³/mol. The fourth-order valence-corrected chi connectivity index (χ4v) is 3.04. The molecule has 1 aliphatic heterocycles. The molecule has 0 spiro atoms. The number of nitrogens with one attached hydrogen (secondary N) is 1. The number of piperazine rings is 1. The lowest BCUT2D eigenvalue weighted by molar-refractivity contribution is 0.166. The number of halogens is 2. The number of hydrogen-bond acceptors (Lipinski definition) is 3. The minimum absolute atomic E-state index is 0.563. The first kappa shape index (κ1) is 11.7. The van der Waals surface area contributed by atoms with Crippen molar-refractivity contribution in [1.82, 2.24) is 10.2 Å². The van der Waals surface area contributed by atoms with E-state index in [0.717, 1.165) is 36.8 Å². The SMILES string of the molecule is C[C@@H]1CNCCN1Cc1csc(Cl)c1Cl. The van der Waals surface area contributed by atoms with E-state index in [0.29, 0.717) is 10.4 Å². The average Bonchev–Trinajstić information content (AvgIpc) is 2.53. The molecule has 1 atom stereocenters. The normalized spacial score (nSPS) is 23.3. The fraction of sp³-hybridized carbons (Fsp3) is 0.600. The molecule has 0 unspecified atom stereocenters. The van der Waals surface area contributed by atoms with Crippen molar-refractivity contribution < 1.29 is 0 Å². The Morgan fingerprint density at radius 3 is 3.00 bits per heavy atom. The van der Waals surface area contributed by atoms with Crippen LogP contribution in [0.2, 0.25) is 9.36 Å². The predicted octanol–water partition coefficient (Wildman–Crippen LogP) is 2.85. The Balaban J connectivity index is 2.04. The highest BCUT2D eigenvalue weighted by molar-refractivity contribution is 7.15. The summed E-state index contributed by atoms with van der Waals surface area (Å²) in [7, 11) is 0. The van der Waals surface area contributed by atoms with E-state index in [1.807, 2.05) is 0 Å². The molecule has 1 saturated heterocycles. The lowest BCUT2D eigenvalue weighted by Gasteiger charge is -2.33. The minimum Gasteiger partial charge on any atom is -0.314 e. The molecular weight excluding hydrogens is 251 g/mol. The van der Waals surface area contributed by atoms with Gasteiger partial charge in [0.2, 0.25) is 0 Å². The second-order valence-electron chi connectivity index (χ2n) is 3.87. The molecule has 5 heteroatoms. The van der Waals surface area contributed by atoms with Crippen LogP contribution in [-0.4, -0.2) is 30.6 Å². The third-order valence-corrected chi connectivity index (χ3v) is 4.68. The zero-order valence-corrected chi connectivity index (χ0v) is 10.9. The number of rotatable bonds is 2. The van der Waals surface area contributed by atoms with Gasteiger partial charge in [-0.05, 0) is 17.9 Å². The van der Waals surface area contributed by atoms with Crippen LogP contribution in [-0.2, 0) is 6.54 Å². The van der Waals surface area contributed by atoms with Crippen LogP contribution in [0.5, 0.6) is 0 Å². The van der Waals surface area contributed by atoms with Crippen molar-refractivity contribution in [3.63, 3.8) is 0 Å². The van der Waals surface area contributed by atoms with E-state index >= 15 is 0 Å². The molecular formula is C10H14Cl2N2S. The van der Waals surface area contributed by atoms with E-state index in [9.17, 15) is 0 Å². The van der Waals surface area contributed by atoms with Crippen molar-refractivity contribution in [2.45, 2.75) is 19.5 Å². The van der Waals surface area contributed by atoms with Gasteiger partial charge in [0.15, 0.2) is 0 Å². The fourth-order valence-electron chi connectivity index (χ4n) is 1.80. The highest BCUT2D eigenvalue weighted by Crippen LogP contribution is 2.33. The number of hydrogen-bond donors (Lipinski definition) is 1. The summed E-state index contributed by atoms with van der Waals surface area (Å²) < 4.78 is 0.703. The summed E-state index contributed by atoms with van der Waals surface area (Å²) in [5.41, 5.74) is 1.15. The topological polar surface area (TPSA) is 15.3 Å². The van der Waals surface area contributed by atoms with Crippen LogP contribution in [0.25, 0.3) is 0 Å². The van der Waals surface area contributed by atoms with Crippen molar-refractivity contribution in [2.75, 3.05) is 19.6 Å². The van der Waals surface area contributed by atoms with Crippen LogP contribution in [0.15, 0.2) is 5.38 Å². The summed E-state index contributed by atoms with van der Waals surface area (Å²) in [6.45, 7) is 6.32. The van der Waals surface area contributed by atoms with Crippen LogP contribution >= 0.6 is 34.5 Å². The standard InChI is InChI=1S/C10H14Cl2N2S/c1-7-4-13-2-3-14(7)5-8-6-15-10(12)9(8)11/h6-7,13H,2-5H2,1H3/t7-/m1/s1. The van der Waals surface area contributed by atoms with Crippen LogP contribution in [0, 0.1) is 0 Å². The molecule has 2 heterocycles. The number of nitrogens with zero attached hydrogens (tertiary/aromatic N) is 1. The average molecular weight is 265 g/mol. The Labute approximate surface area is 104 Å². The highest BCUT2D eigenvalue weighted by Gasteiger charge is 2.19. The van der Waals surface area contributed by atoms with Crippen molar-refractivity contribution in [3.8, 4) is 0 Å². The maximum Gasteiger partial charge on any atom is 0.112 e. The first-order valence-electron chi connectivity index (χ1n) is 5.04. The molecule has 0 radical (unpaired) electrons. The zero-order chi connectivity index (χ0) is 10.8. The summed E-state index contributed by atoms with van der Waals surface area (Å²) in [6.07, 6.45) is 0. The highest BCUT2D eigenvalue weighted by atomic mass is 35.5. The molecule has 1 N–H and O–H groups in total. The smallest absolute Gasteiger partial charge is 0.112 e. The van der Waals surface area contributed by atoms with Gasteiger partial charge in [-0.2, -0.15) is 0 Å². The van der Waals surface area contributed by atoms with Crippen LogP contribution in [0.3, 0.4) is 0 Å². The van der Waals surface area contributed by atoms with E-state index in [1.165, 1.54) is 11.3 Å². The van der Waals surface area contributed by atoms with Crippen molar-refractivity contribution >= 4 is 34.5 Å². The van der Waals surface area contributed by atoms with E-state index in [4.69, 9.17) is 23.2 Å². The van der Waals surface area contributed by atoms with Gasteiger partial charge in [0.1, 0.15) is 4.34 Å². The molecule has 2 rings (SSSR count). The zero-order valence-electron chi connectivity index (χ0n) is 8.59. The van der Waals surface area contributed by atoms with Gasteiger partial charge < -0.3 is 5.32 Å². The molecule has 1 aromatic rings. The van der Waals surface area contributed by atoms with E-state index in [1.54, 1.807) is 0 Å². The van der Waals surface area contributed by atoms with Crippen molar-refractivity contribution in [2.24, 2.45) is 0 Å². The Kier molecular flexibility index (Phi) is 3.91. The van der Waals surface area contributed by atoms with E-state index in [-0.39, 0.29) is 0 Å². The monoisotopic (exact) mass is 264 g/mol. The molecule has 0 amide bonds. The van der Waals surface area contributed by atoms with Crippen LogP contribution in [0.1, 0.15) is 12.5 Å². The lowest BCUT2D eigenvalue weighted by atomic mass is 10.2. The lowest BCUT2D eigenvalue weighted by Crippen LogP contribution is -2.49. The molecule has 2 nitrogen and oxygen atoms in total. The number of thiophene rings is 1. The second-order valence-corrected chi connectivity index (χ2v) is 5.73. The summed E-state index contributed by atoms with van der Waals surface area (Å²) >= 11 is 13.6. The molecule has 1 aliphatic rings. The van der Waals surface area contributed by atoms with Gasteiger partial charge >= 0.3 is 0 Å². The molecule has 0 saturated carbocycles. The summed E-state index contributed by atoms with van der Waals surface area (Å²) in [5, 5.41) is 6.16. The quantitative estimate of drug-likeness (QED) is 0.884. The van der Waals surface area contributed by atoms with Gasteiger partial charge in [-0.1, -0.05) is 23.2 Å². The maximum absolute atomic E-state index is 6.11. The first-order chi connectivity index (χ1) is 7.18. The third kappa shape index (κ3) is 2.66. The van der Waals surface area contributed by atoms with Crippen LogP contribution < -0.4 is 5.32 Å². The van der Waals surface area contributed by atoms with Gasteiger partial charge in [0, 0.05) is 32.2 Å². The largest absolute Gasteiger partial charge is 0.314 e. The molecule has 0 bridgehead atoms. The van der Waals surface area contributed by atoms with Gasteiger partial charge in [0.05, 0.1) is 5.02 Å². The molecule has 15 heavy (non-hydrogen) atoms. The maximum atomic E-state index is 6.11. The minimum atomic E-state index is 0.563. The van der Waals surface area contributed by atoms with Crippen molar-refractivity contribution in [1.29, 1.82) is 0 Å². The van der Waals surface area contributed by atoms with Gasteiger partial charge in [-0.25, -0.2) is 0 Å². The summed E-state index contributed by atoms with van der Waals surface area (Å²) in [6, 6.07) is 0.563. The van der Waals surface area contributed by atoms with Gasteiger partial charge in [-0.15, -0.1) is 11.3 Å². The van der Waals surface area contributed by atoms with Gasteiger partial charge in [0.25, 0.3) is 0 Å². The Bertz CT molecular complexity index is 340. The Hall–Kier alpha value is 0.200.